The van der Waals surface area contributed by atoms with Crippen LogP contribution in [-0.2, 0) is 6.54 Å². The quantitative estimate of drug-likeness (QED) is 0.0713. The van der Waals surface area contributed by atoms with E-state index in [-0.39, 0.29) is 5.84 Å². The second kappa shape index (κ2) is 15.7. The molecule has 0 saturated heterocycles. The van der Waals surface area contributed by atoms with E-state index < -0.39 is 0 Å². The minimum Gasteiger partial charge on any atom is -0.398 e. The van der Waals surface area contributed by atoms with Crippen molar-refractivity contribution in [1.29, 1.82) is 5.41 Å². The van der Waals surface area contributed by atoms with E-state index >= 15 is 0 Å². The maximum absolute atomic E-state index is 7.01. The lowest BCUT2D eigenvalue weighted by Crippen LogP contribution is -2.10. The summed E-state index contributed by atoms with van der Waals surface area (Å²) in [4.78, 5) is 0. The zero-order chi connectivity index (χ0) is 31.3. The van der Waals surface area contributed by atoms with Gasteiger partial charge in [0.25, 0.3) is 0 Å². The molecule has 0 amide bonds. The lowest BCUT2D eigenvalue weighted by molar-refractivity contribution is 1.07. The van der Waals surface area contributed by atoms with Crippen molar-refractivity contribution < 1.29 is 0 Å². The van der Waals surface area contributed by atoms with Gasteiger partial charge in [0.2, 0.25) is 0 Å². The number of aryl methyl sites for hydroxylation is 1. The van der Waals surface area contributed by atoms with Crippen LogP contribution < -0.4 is 17.2 Å². The van der Waals surface area contributed by atoms with Crippen LogP contribution in [0.1, 0.15) is 29.2 Å². The van der Waals surface area contributed by atoms with Crippen molar-refractivity contribution in [2.24, 2.45) is 17.2 Å². The predicted octanol–water partition coefficient (Wildman–Crippen LogP) is 8.96. The van der Waals surface area contributed by atoms with Crippen LogP contribution in [0.5, 0.6) is 0 Å². The predicted molar refractivity (Wildman–Crippen MR) is 190 cm³/mol. The Morgan fingerprint density at radius 3 is 1.70 bits per heavy atom. The summed E-state index contributed by atoms with van der Waals surface area (Å²) < 4.78 is 0. The van der Waals surface area contributed by atoms with E-state index in [0.29, 0.717) is 6.54 Å². The van der Waals surface area contributed by atoms with Gasteiger partial charge in [-0.2, -0.15) is 0 Å². The van der Waals surface area contributed by atoms with Gasteiger partial charge in [0.05, 0.1) is 0 Å². The number of amidine groups is 1. The normalized spacial score (nSPS) is 11.0. The molecule has 0 atom stereocenters. The highest BCUT2D eigenvalue weighted by Crippen LogP contribution is 2.37. The molecule has 0 saturated carbocycles. The van der Waals surface area contributed by atoms with Gasteiger partial charge < -0.3 is 17.2 Å². The van der Waals surface area contributed by atoms with Gasteiger partial charge in [0.1, 0.15) is 5.84 Å². The Morgan fingerprint density at radius 2 is 1.20 bits per heavy atom. The summed E-state index contributed by atoms with van der Waals surface area (Å²) in [6.07, 6.45) is 5.92. The Hall–Kier alpha value is -5.45. The summed E-state index contributed by atoms with van der Waals surface area (Å²) >= 11 is 0. The number of hydrogen-bond donors (Lipinski definition) is 4. The average molecular weight is 577 g/mol. The molecule has 0 spiro atoms. The van der Waals surface area contributed by atoms with E-state index in [9.17, 15) is 0 Å². The van der Waals surface area contributed by atoms with Crippen molar-refractivity contribution in [3.05, 3.63) is 174 Å². The molecule has 44 heavy (non-hydrogen) atoms. The Balaban J connectivity index is 0.000000211. The first-order valence-electron chi connectivity index (χ1n) is 14.7. The lowest BCUT2D eigenvalue weighted by Gasteiger charge is -2.14. The molecule has 6 aromatic rings. The van der Waals surface area contributed by atoms with Gasteiger partial charge in [-0.25, -0.2) is 0 Å². The van der Waals surface area contributed by atoms with E-state index in [0.717, 1.165) is 16.8 Å². The largest absolute Gasteiger partial charge is 0.398 e. The molecule has 4 heteroatoms. The monoisotopic (exact) mass is 576 g/mol. The fourth-order valence-corrected chi connectivity index (χ4v) is 4.95. The number of allylic oxidation sites excluding steroid dienone is 3. The highest BCUT2D eigenvalue weighted by molar-refractivity contribution is 6.12. The maximum atomic E-state index is 7.01. The van der Waals surface area contributed by atoms with Crippen molar-refractivity contribution in [1.82, 2.24) is 0 Å². The minimum atomic E-state index is 0.121. The molecule has 0 fully saturated rings. The number of hydrogen-bond acceptors (Lipinski definition) is 3. The van der Waals surface area contributed by atoms with Crippen LogP contribution in [0.15, 0.2) is 152 Å². The molecule has 0 bridgehead atoms. The number of fused-ring (bicyclic) bond motifs is 2. The molecule has 6 aromatic carbocycles. The summed E-state index contributed by atoms with van der Waals surface area (Å²) in [5.41, 5.74) is 24.4. The summed E-state index contributed by atoms with van der Waals surface area (Å²) in [6.45, 7) is 4.76. The van der Waals surface area contributed by atoms with Crippen LogP contribution in [0.2, 0.25) is 0 Å². The van der Waals surface area contributed by atoms with Crippen LogP contribution in [0.3, 0.4) is 0 Å². The number of rotatable bonds is 5. The average Bonchev–Trinajstić information content (AvgIpc) is 3.07. The second-order valence-electron chi connectivity index (χ2n) is 10.4. The molecule has 220 valence electrons. The Bertz CT molecular complexity index is 1830. The van der Waals surface area contributed by atoms with E-state index in [1.54, 1.807) is 0 Å². The molecule has 0 heterocycles. The minimum absolute atomic E-state index is 0.121. The first kappa shape index (κ1) is 31.5. The summed E-state index contributed by atoms with van der Waals surface area (Å²) in [5, 5.41) is 12.1. The standard InChI is InChI=1S/C26H23N.C7H8N2.C7H9N/c1-3-4-13-25(27)21-14-18(2)15-22(17-21)26-23-11-7-5-9-19(23)16-20-10-6-8-12-24(20)26;8-7(9)6-4-2-1-3-5-6;8-6-7-4-2-1-3-5-7/h3-17H,27H2,1-2H3;1-5H,(H3,8,9);1-5H,6,8H2/b4-3-,25-13-;;. The third-order valence-corrected chi connectivity index (χ3v) is 7.10. The van der Waals surface area contributed by atoms with Crippen molar-refractivity contribution in [2.45, 2.75) is 20.4 Å². The zero-order valence-electron chi connectivity index (χ0n) is 25.4. The van der Waals surface area contributed by atoms with Gasteiger partial charge in [-0.15, -0.1) is 0 Å². The fourth-order valence-electron chi connectivity index (χ4n) is 4.95. The summed E-state index contributed by atoms with van der Waals surface area (Å²) in [6, 6.07) is 45.3. The Morgan fingerprint density at radius 1 is 0.659 bits per heavy atom. The highest BCUT2D eigenvalue weighted by atomic mass is 14.7. The maximum Gasteiger partial charge on any atom is 0.122 e. The molecule has 0 unspecified atom stereocenters. The molecular formula is C40H40N4. The van der Waals surface area contributed by atoms with E-state index in [4.69, 9.17) is 22.6 Å². The number of benzene rings is 6. The Kier molecular flexibility index (Phi) is 11.2. The second-order valence-corrected chi connectivity index (χ2v) is 10.4. The van der Waals surface area contributed by atoms with Crippen LogP contribution in [-0.4, -0.2) is 5.84 Å². The van der Waals surface area contributed by atoms with Crippen LogP contribution >= 0.6 is 0 Å². The first-order chi connectivity index (χ1) is 21.4. The van der Waals surface area contributed by atoms with Crippen LogP contribution in [0.4, 0.5) is 0 Å². The Labute approximate surface area is 260 Å². The topological polar surface area (TPSA) is 102 Å². The van der Waals surface area contributed by atoms with Crippen molar-refractivity contribution in [3.8, 4) is 11.1 Å². The zero-order valence-corrected chi connectivity index (χ0v) is 25.4. The molecule has 4 nitrogen and oxygen atoms in total. The molecule has 0 aromatic heterocycles. The summed E-state index contributed by atoms with van der Waals surface area (Å²) in [5.74, 6) is 0.121. The van der Waals surface area contributed by atoms with E-state index in [1.807, 2.05) is 85.8 Å². The van der Waals surface area contributed by atoms with Crippen molar-refractivity contribution in [3.63, 3.8) is 0 Å². The molecule has 0 aliphatic rings. The third kappa shape index (κ3) is 8.31. The van der Waals surface area contributed by atoms with E-state index in [1.165, 1.54) is 43.8 Å². The SMILES string of the molecule is C/C=C\C=C(/N)c1cc(C)cc(-c2c3ccccc3cc3ccccc23)c1.N=C(N)c1ccccc1.NCc1ccccc1. The molecule has 0 aliphatic heterocycles. The van der Waals surface area contributed by atoms with Gasteiger partial charge in [0.15, 0.2) is 0 Å². The first-order valence-corrected chi connectivity index (χ1v) is 14.7. The molecular weight excluding hydrogens is 536 g/mol. The van der Waals surface area contributed by atoms with Gasteiger partial charge in [-0.05, 0) is 87.5 Å². The van der Waals surface area contributed by atoms with Gasteiger partial charge >= 0.3 is 0 Å². The van der Waals surface area contributed by atoms with Crippen LogP contribution in [0.25, 0.3) is 38.4 Å². The molecule has 0 radical (unpaired) electrons. The van der Waals surface area contributed by atoms with Gasteiger partial charge in [-0.1, -0.05) is 127 Å². The molecule has 7 N–H and O–H groups in total. The van der Waals surface area contributed by atoms with E-state index in [2.05, 4.69) is 79.7 Å². The van der Waals surface area contributed by atoms with Gasteiger partial charge in [-0.3, -0.25) is 5.41 Å². The third-order valence-electron chi connectivity index (χ3n) is 7.10. The molecule has 6 rings (SSSR count). The number of nitrogens with one attached hydrogen (secondary N) is 1. The lowest BCUT2D eigenvalue weighted by atomic mass is 9.90. The fraction of sp³-hybridized carbons (Fsp3) is 0.0750. The number of nitrogen functional groups attached to an aromatic ring is 1. The summed E-state index contributed by atoms with van der Waals surface area (Å²) in [7, 11) is 0. The van der Waals surface area contributed by atoms with Crippen LogP contribution in [0, 0.1) is 12.3 Å². The van der Waals surface area contributed by atoms with Crippen molar-refractivity contribution >= 4 is 33.1 Å². The molecule has 0 aliphatic carbocycles. The smallest absolute Gasteiger partial charge is 0.122 e. The van der Waals surface area contributed by atoms with Crippen molar-refractivity contribution in [2.75, 3.05) is 0 Å². The van der Waals surface area contributed by atoms with Gasteiger partial charge in [0, 0.05) is 17.8 Å². The highest BCUT2D eigenvalue weighted by Gasteiger charge is 2.11. The number of nitrogens with two attached hydrogens (primary N) is 3.